The van der Waals surface area contributed by atoms with Crippen LogP contribution in [-0.2, 0) is 19.7 Å². The van der Waals surface area contributed by atoms with Crippen molar-refractivity contribution in [1.82, 2.24) is 9.03 Å². The summed E-state index contributed by atoms with van der Waals surface area (Å²) in [5.74, 6) is -1.18. The molecule has 0 aliphatic carbocycles. The minimum Gasteiger partial charge on any atom is -0.481 e. The van der Waals surface area contributed by atoms with Gasteiger partial charge >= 0.3 is 5.97 Å². The van der Waals surface area contributed by atoms with Gasteiger partial charge in [0.15, 0.2) is 0 Å². The molecule has 0 radical (unpaired) electrons. The third kappa shape index (κ3) is 4.69. The zero-order chi connectivity index (χ0) is 15.3. The predicted octanol–water partition coefficient (Wildman–Crippen LogP) is 0.288. The van der Waals surface area contributed by atoms with E-state index in [2.05, 4.69) is 4.72 Å². The molecule has 0 spiro atoms. The van der Waals surface area contributed by atoms with Crippen LogP contribution in [0.2, 0.25) is 0 Å². The number of hydrogen-bond acceptors (Lipinski definition) is 4. The van der Waals surface area contributed by atoms with Crippen molar-refractivity contribution >= 4 is 16.2 Å². The summed E-state index contributed by atoms with van der Waals surface area (Å²) in [5.41, 5.74) is 0. The number of nitrogens with zero attached hydrogens (tertiary/aromatic N) is 1. The Labute approximate surface area is 120 Å². The molecule has 1 aliphatic rings. The average molecular weight is 308 g/mol. The van der Waals surface area contributed by atoms with Crippen LogP contribution in [0.15, 0.2) is 0 Å². The van der Waals surface area contributed by atoms with Crippen molar-refractivity contribution in [3.8, 4) is 0 Å². The molecule has 7 nitrogen and oxygen atoms in total. The van der Waals surface area contributed by atoms with E-state index >= 15 is 0 Å². The quantitative estimate of drug-likeness (QED) is 0.704. The Hall–Kier alpha value is -0.700. The van der Waals surface area contributed by atoms with Gasteiger partial charge in [-0.15, -0.1) is 0 Å². The second kappa shape index (κ2) is 7.35. The first-order valence-electron chi connectivity index (χ1n) is 6.77. The fraction of sp³-hybridized carbons (Fsp3) is 0.917. The third-order valence-electron chi connectivity index (χ3n) is 3.59. The van der Waals surface area contributed by atoms with Gasteiger partial charge in [0.25, 0.3) is 10.2 Å². The van der Waals surface area contributed by atoms with E-state index in [-0.39, 0.29) is 25.0 Å². The van der Waals surface area contributed by atoms with E-state index in [1.165, 1.54) is 11.4 Å². The average Bonchev–Trinajstić information content (AvgIpc) is 2.38. The Bertz CT molecular complexity index is 416. The lowest BCUT2D eigenvalue weighted by Gasteiger charge is -2.31. The highest BCUT2D eigenvalue weighted by Gasteiger charge is 2.32. The third-order valence-corrected chi connectivity index (χ3v) is 5.24. The van der Waals surface area contributed by atoms with Crippen LogP contribution in [0.5, 0.6) is 0 Å². The second-order valence-electron chi connectivity index (χ2n) is 5.44. The molecule has 0 saturated carbocycles. The summed E-state index contributed by atoms with van der Waals surface area (Å²) in [4.78, 5) is 10.9. The smallest absolute Gasteiger partial charge is 0.306 e. The monoisotopic (exact) mass is 308 g/mol. The molecule has 118 valence electrons. The van der Waals surface area contributed by atoms with Crippen LogP contribution < -0.4 is 4.72 Å². The summed E-state index contributed by atoms with van der Waals surface area (Å²) in [6.07, 6.45) is 0.708. The molecular weight excluding hydrogens is 284 g/mol. The summed E-state index contributed by atoms with van der Waals surface area (Å²) in [5, 5.41) is 8.92. The number of hydrogen-bond donors (Lipinski definition) is 2. The summed E-state index contributed by atoms with van der Waals surface area (Å²) in [6, 6.07) is -0.290. The fourth-order valence-corrected chi connectivity index (χ4v) is 3.71. The van der Waals surface area contributed by atoms with Crippen LogP contribution in [0.3, 0.4) is 0 Å². The molecule has 0 aromatic heterocycles. The molecule has 1 unspecified atom stereocenters. The number of piperidine rings is 1. The van der Waals surface area contributed by atoms with Crippen LogP contribution in [0, 0.1) is 11.8 Å². The van der Waals surface area contributed by atoms with Crippen LogP contribution in [0.1, 0.15) is 26.7 Å². The normalized spacial score (nSPS) is 20.2. The Kier molecular flexibility index (Phi) is 6.38. The summed E-state index contributed by atoms with van der Waals surface area (Å²) >= 11 is 0. The maximum Gasteiger partial charge on any atom is 0.306 e. The molecule has 1 heterocycles. The van der Waals surface area contributed by atoms with Gasteiger partial charge in [0.2, 0.25) is 0 Å². The number of carboxylic acids is 1. The van der Waals surface area contributed by atoms with E-state index in [0.29, 0.717) is 19.4 Å². The van der Waals surface area contributed by atoms with E-state index in [0.717, 1.165) is 0 Å². The maximum atomic E-state index is 12.3. The minimum absolute atomic E-state index is 0.112. The van der Waals surface area contributed by atoms with Crippen molar-refractivity contribution in [1.29, 1.82) is 0 Å². The molecule has 0 bridgehead atoms. The molecule has 1 rings (SSSR count). The Balaban J connectivity index is 2.63. The molecule has 1 aliphatic heterocycles. The Morgan fingerprint density at radius 2 is 1.95 bits per heavy atom. The fourth-order valence-electron chi connectivity index (χ4n) is 2.15. The molecule has 0 aromatic rings. The van der Waals surface area contributed by atoms with Crippen molar-refractivity contribution in [2.24, 2.45) is 11.8 Å². The zero-order valence-electron chi connectivity index (χ0n) is 12.2. The molecule has 1 fully saturated rings. The van der Waals surface area contributed by atoms with Crippen molar-refractivity contribution in [2.45, 2.75) is 32.7 Å². The molecule has 1 atom stereocenters. The van der Waals surface area contributed by atoms with Crippen LogP contribution in [-0.4, -0.2) is 56.6 Å². The lowest BCUT2D eigenvalue weighted by molar-refractivity contribution is -0.142. The van der Waals surface area contributed by atoms with Crippen LogP contribution in [0.4, 0.5) is 0 Å². The molecule has 20 heavy (non-hydrogen) atoms. The topological polar surface area (TPSA) is 95.9 Å². The first-order chi connectivity index (χ1) is 9.27. The molecule has 8 heteroatoms. The lowest BCUT2D eigenvalue weighted by Crippen LogP contribution is -2.51. The summed E-state index contributed by atoms with van der Waals surface area (Å²) in [7, 11) is -2.06. The number of carbonyl (C=O) groups is 1. The maximum absolute atomic E-state index is 12.3. The van der Waals surface area contributed by atoms with Gasteiger partial charge in [-0.2, -0.15) is 17.4 Å². The Morgan fingerprint density at radius 3 is 2.35 bits per heavy atom. The van der Waals surface area contributed by atoms with Gasteiger partial charge in [-0.3, -0.25) is 4.79 Å². The van der Waals surface area contributed by atoms with Crippen molar-refractivity contribution in [3.63, 3.8) is 0 Å². The number of carboxylic acid groups (broad SMARTS) is 1. The first-order valence-corrected chi connectivity index (χ1v) is 8.21. The van der Waals surface area contributed by atoms with Crippen molar-refractivity contribution < 1.29 is 23.1 Å². The highest BCUT2D eigenvalue weighted by molar-refractivity contribution is 7.87. The van der Waals surface area contributed by atoms with Crippen LogP contribution >= 0.6 is 0 Å². The summed E-state index contributed by atoms with van der Waals surface area (Å²) < 4.78 is 33.5. The van der Waals surface area contributed by atoms with E-state index in [1.807, 2.05) is 13.8 Å². The van der Waals surface area contributed by atoms with Gasteiger partial charge < -0.3 is 9.84 Å². The largest absolute Gasteiger partial charge is 0.481 e. The van der Waals surface area contributed by atoms with E-state index in [4.69, 9.17) is 9.84 Å². The van der Waals surface area contributed by atoms with Gasteiger partial charge in [0.05, 0.1) is 12.5 Å². The molecule has 2 N–H and O–H groups in total. The number of methoxy groups -OCH3 is 1. The van der Waals surface area contributed by atoms with Gasteiger partial charge in [0.1, 0.15) is 0 Å². The highest BCUT2D eigenvalue weighted by atomic mass is 32.2. The second-order valence-corrected chi connectivity index (χ2v) is 7.14. The van der Waals surface area contributed by atoms with E-state index < -0.39 is 22.1 Å². The number of rotatable bonds is 7. The minimum atomic E-state index is -3.59. The number of ether oxygens (including phenoxy) is 1. The van der Waals surface area contributed by atoms with Crippen molar-refractivity contribution in [3.05, 3.63) is 0 Å². The summed E-state index contributed by atoms with van der Waals surface area (Å²) in [6.45, 7) is 4.63. The predicted molar refractivity (Wildman–Crippen MR) is 74.5 cm³/mol. The van der Waals surface area contributed by atoms with E-state index in [9.17, 15) is 13.2 Å². The van der Waals surface area contributed by atoms with Crippen molar-refractivity contribution in [2.75, 3.05) is 26.8 Å². The van der Waals surface area contributed by atoms with Gasteiger partial charge in [-0.1, -0.05) is 13.8 Å². The highest BCUT2D eigenvalue weighted by Crippen LogP contribution is 2.19. The molecule has 1 saturated heterocycles. The zero-order valence-corrected chi connectivity index (χ0v) is 13.0. The number of nitrogens with one attached hydrogen (secondary N) is 1. The molecule has 0 aromatic carbocycles. The van der Waals surface area contributed by atoms with Gasteiger partial charge in [-0.25, -0.2) is 0 Å². The number of aliphatic carboxylic acids is 1. The van der Waals surface area contributed by atoms with Gasteiger partial charge in [-0.05, 0) is 18.8 Å². The standard InChI is InChI=1S/C12H24N2O5S/c1-9(2)11(8-19-3)13-20(17,18)14-6-4-10(5-7-14)12(15)16/h9-11,13H,4-8H2,1-3H3,(H,15,16). The van der Waals surface area contributed by atoms with Gasteiger partial charge in [0, 0.05) is 26.2 Å². The lowest BCUT2D eigenvalue weighted by atomic mass is 9.99. The van der Waals surface area contributed by atoms with E-state index in [1.54, 1.807) is 0 Å². The first kappa shape index (κ1) is 17.4. The Morgan fingerprint density at radius 1 is 1.40 bits per heavy atom. The molecular formula is C12H24N2O5S. The molecule has 0 amide bonds. The van der Waals surface area contributed by atoms with Crippen LogP contribution in [0.25, 0.3) is 0 Å². The SMILES string of the molecule is COCC(NS(=O)(=O)N1CCC(C(=O)O)CC1)C(C)C.